The van der Waals surface area contributed by atoms with Gasteiger partial charge >= 0.3 is 55.4 Å². The molecule has 0 aromatic rings. The Morgan fingerprint density at radius 1 is 1.13 bits per heavy atom. The predicted octanol–water partition coefficient (Wildman–Crippen LogP) is 4.94. The molecule has 3 saturated carbocycles. The minimum absolute atomic E-state index is 0.0385. The van der Waals surface area contributed by atoms with Crippen LogP contribution in [0, 0.1) is 29.6 Å². The monoisotopic (exact) mass is 583 g/mol. The van der Waals surface area contributed by atoms with Crippen LogP contribution in [0.1, 0.15) is 52.4 Å². The molecule has 0 spiro atoms. The number of epoxide rings is 1. The number of halogens is 2. The number of carbonyl (C=O) groups excluding carboxylic acids is 1. The fraction of sp³-hybridized carbons (Fsp3) is 0.941. The number of hydrogen-bond donors (Lipinski definition) is 0. The molecule has 4 fully saturated rings. The zero-order valence-corrected chi connectivity index (χ0v) is 19.5. The van der Waals surface area contributed by atoms with Gasteiger partial charge < -0.3 is 9.47 Å². The second kappa shape index (κ2) is 8.44. The van der Waals surface area contributed by atoms with Crippen LogP contribution >= 0.6 is 40.0 Å². The van der Waals surface area contributed by atoms with Crippen molar-refractivity contribution in [2.45, 2.75) is 70.7 Å². The maximum atomic E-state index is 12.3. The molecule has 1 heterocycles. The first-order valence-corrected chi connectivity index (χ1v) is 17.8. The Kier molecular flexibility index (Phi) is 7.06. The Bertz CT molecular complexity index is 436. The van der Waals surface area contributed by atoms with E-state index in [-0.39, 0.29) is 18.0 Å². The van der Waals surface area contributed by atoms with E-state index in [4.69, 9.17) is 9.47 Å². The molecule has 8 unspecified atom stereocenters. The van der Waals surface area contributed by atoms with E-state index in [0.29, 0.717) is 33.5 Å². The summed E-state index contributed by atoms with van der Waals surface area (Å²) >= 11 is 4.74. The number of fused-ring (bicyclic) bond motifs is 2. The number of hydrogen-bond acceptors (Lipinski definition) is 3. The number of rotatable bonds is 3. The first-order valence-electron chi connectivity index (χ1n) is 8.81. The SMILES string of the molecule is CC1CC2CC2CC1C(C)OC(=O)C1CCC2OC2C1.[I][V][I]. The van der Waals surface area contributed by atoms with Crippen LogP contribution in [-0.4, -0.2) is 24.3 Å². The van der Waals surface area contributed by atoms with Crippen LogP contribution in [0.4, 0.5) is 0 Å². The number of carbonyl (C=O) groups is 1. The molecule has 3 aliphatic carbocycles. The molecule has 3 nitrogen and oxygen atoms in total. The van der Waals surface area contributed by atoms with Crippen molar-refractivity contribution in [3.8, 4) is 0 Å². The van der Waals surface area contributed by atoms with Gasteiger partial charge in [-0.2, -0.15) is 0 Å². The van der Waals surface area contributed by atoms with Crippen molar-refractivity contribution in [3.05, 3.63) is 0 Å². The summed E-state index contributed by atoms with van der Waals surface area (Å²) in [6, 6.07) is 0. The van der Waals surface area contributed by atoms with E-state index in [1.165, 1.54) is 19.3 Å². The molecule has 0 aromatic carbocycles. The van der Waals surface area contributed by atoms with Gasteiger partial charge in [-0.3, -0.25) is 4.79 Å². The summed E-state index contributed by atoms with van der Waals surface area (Å²) in [4.78, 5) is 12.3. The summed E-state index contributed by atoms with van der Waals surface area (Å²) < 4.78 is 11.3. The van der Waals surface area contributed by atoms with E-state index in [9.17, 15) is 4.79 Å². The van der Waals surface area contributed by atoms with Crippen LogP contribution in [0.25, 0.3) is 0 Å². The van der Waals surface area contributed by atoms with Crippen LogP contribution in [0.3, 0.4) is 0 Å². The van der Waals surface area contributed by atoms with E-state index >= 15 is 0 Å². The second-order valence-corrected chi connectivity index (χ2v) is 19.6. The first-order chi connectivity index (χ1) is 11.0. The molecule has 6 heteroatoms. The van der Waals surface area contributed by atoms with Crippen LogP contribution < -0.4 is 0 Å². The van der Waals surface area contributed by atoms with Crippen molar-refractivity contribution >= 4 is 45.9 Å². The van der Waals surface area contributed by atoms with Gasteiger partial charge in [0.25, 0.3) is 0 Å². The molecular formula is C17H26I2O3V. The van der Waals surface area contributed by atoms with Crippen molar-refractivity contribution in [2.24, 2.45) is 29.6 Å². The van der Waals surface area contributed by atoms with Gasteiger partial charge in [-0.15, -0.1) is 0 Å². The van der Waals surface area contributed by atoms with Gasteiger partial charge in [0.2, 0.25) is 0 Å². The van der Waals surface area contributed by atoms with Gasteiger partial charge in [-0.05, 0) is 69.1 Å². The van der Waals surface area contributed by atoms with Crippen molar-refractivity contribution < 1.29 is 23.7 Å². The zero-order chi connectivity index (χ0) is 16.6. The third-order valence-corrected chi connectivity index (χ3v) is 6.29. The molecule has 8 atom stereocenters. The summed E-state index contributed by atoms with van der Waals surface area (Å²) in [6.45, 7) is 4.45. The molecule has 4 aliphatic rings. The van der Waals surface area contributed by atoms with E-state index in [2.05, 4.69) is 53.8 Å². The minimum atomic E-state index is 0.0385. The topological polar surface area (TPSA) is 38.8 Å². The zero-order valence-electron chi connectivity index (χ0n) is 13.8. The summed E-state index contributed by atoms with van der Waals surface area (Å²) in [6.07, 6.45) is 7.85. The molecule has 4 rings (SSSR count). The van der Waals surface area contributed by atoms with Gasteiger partial charge in [-0.1, -0.05) is 6.92 Å². The van der Waals surface area contributed by atoms with Crippen LogP contribution in [-0.2, 0) is 23.7 Å². The van der Waals surface area contributed by atoms with Crippen molar-refractivity contribution in [2.75, 3.05) is 0 Å². The molecule has 0 N–H and O–H groups in total. The number of esters is 1. The van der Waals surface area contributed by atoms with Gasteiger partial charge in [0.1, 0.15) is 6.10 Å². The van der Waals surface area contributed by atoms with Crippen LogP contribution in [0.2, 0.25) is 0 Å². The first kappa shape index (κ1) is 19.2. The molecule has 0 amide bonds. The van der Waals surface area contributed by atoms with E-state index < -0.39 is 0 Å². The van der Waals surface area contributed by atoms with Crippen LogP contribution in [0.5, 0.6) is 0 Å². The van der Waals surface area contributed by atoms with Gasteiger partial charge in [0, 0.05) is 0 Å². The van der Waals surface area contributed by atoms with E-state index in [1.807, 2.05) is 0 Å². The summed E-state index contributed by atoms with van der Waals surface area (Å²) in [5.41, 5.74) is 0. The van der Waals surface area contributed by atoms with Gasteiger partial charge in [0.15, 0.2) is 0 Å². The van der Waals surface area contributed by atoms with E-state index in [0.717, 1.165) is 31.1 Å². The predicted molar refractivity (Wildman–Crippen MR) is 103 cm³/mol. The molecule has 0 bridgehead atoms. The molecule has 1 saturated heterocycles. The van der Waals surface area contributed by atoms with Crippen molar-refractivity contribution in [1.29, 1.82) is 0 Å². The Balaban J connectivity index is 0.000000485. The van der Waals surface area contributed by atoms with Crippen LogP contribution in [0.15, 0.2) is 0 Å². The maximum absolute atomic E-state index is 12.3. The Morgan fingerprint density at radius 2 is 1.83 bits per heavy atom. The van der Waals surface area contributed by atoms with E-state index in [1.54, 1.807) is 0 Å². The third kappa shape index (κ3) is 5.01. The molecular weight excluding hydrogens is 557 g/mol. The average Bonchev–Trinajstić information content (AvgIpc) is 3.40. The molecule has 0 aromatic heterocycles. The summed E-state index contributed by atoms with van der Waals surface area (Å²) in [7, 11) is 0.628. The second-order valence-electron chi connectivity index (χ2n) is 7.80. The molecule has 1 aliphatic heterocycles. The summed E-state index contributed by atoms with van der Waals surface area (Å²) in [5.74, 6) is 3.35. The molecule has 23 heavy (non-hydrogen) atoms. The third-order valence-electron chi connectivity index (χ3n) is 6.29. The van der Waals surface area contributed by atoms with Crippen molar-refractivity contribution in [1.82, 2.24) is 0 Å². The Hall–Kier alpha value is 1.47. The van der Waals surface area contributed by atoms with Crippen molar-refractivity contribution in [3.63, 3.8) is 0 Å². The Morgan fingerprint density at radius 3 is 2.52 bits per heavy atom. The normalized spacial score (nSPS) is 44.6. The average molecular weight is 583 g/mol. The Labute approximate surface area is 168 Å². The standard InChI is InChI=1S/C17H26O3.2HI.V/c1-9-5-12-6-13(12)7-14(9)10(2)19-17(18)11-3-4-15-16(8-11)20-15;;;/h9-16H,3-8H2,1-2H3;2*1H;/q;;;+2/p-2. The number of ether oxygens (including phenoxy) is 2. The molecule has 131 valence electrons. The van der Waals surface area contributed by atoms with Gasteiger partial charge in [0.05, 0.1) is 18.1 Å². The fourth-order valence-corrected chi connectivity index (χ4v) is 4.76. The summed E-state index contributed by atoms with van der Waals surface area (Å²) in [5, 5.41) is 0. The fourth-order valence-electron chi connectivity index (χ4n) is 4.76. The molecule has 0 radical (unpaired) electrons. The van der Waals surface area contributed by atoms with Gasteiger partial charge in [-0.25, -0.2) is 0 Å². The quantitative estimate of drug-likeness (QED) is 0.269.